The van der Waals surface area contributed by atoms with Crippen LogP contribution in [0.3, 0.4) is 0 Å². The molecule has 2 N–H and O–H groups in total. The first-order valence-corrected chi connectivity index (χ1v) is 14.3. The smallest absolute Gasteiger partial charge is 0.211 e. The van der Waals surface area contributed by atoms with Crippen LogP contribution in [0, 0.1) is 0 Å². The average molecular weight is 379 g/mol. The highest BCUT2D eigenvalue weighted by atomic mass is 31.2. The maximum absolute atomic E-state index is 6.27. The Hall–Kier alpha value is 0.447. The van der Waals surface area contributed by atoms with Crippen molar-refractivity contribution in [1.29, 1.82) is 0 Å². The van der Waals surface area contributed by atoms with E-state index in [0.29, 0.717) is 24.2 Å². The molecule has 0 saturated carbocycles. The minimum Gasteiger partial charge on any atom is -0.330 e. The first-order valence-electron chi connectivity index (χ1n) is 9.37. The van der Waals surface area contributed by atoms with Crippen LogP contribution < -0.4 is 10.4 Å². The van der Waals surface area contributed by atoms with Crippen molar-refractivity contribution in [1.82, 2.24) is 20.4 Å². The Labute approximate surface area is 153 Å². The van der Waals surface area contributed by atoms with Gasteiger partial charge in [-0.15, -0.1) is 0 Å². The molecular weight excluding hydrogens is 335 g/mol. The van der Waals surface area contributed by atoms with Gasteiger partial charge in [0.1, 0.15) is 0 Å². The Morgan fingerprint density at radius 1 is 0.750 bits per heavy atom. The molecular formula is C17H43N4OPSi. The van der Waals surface area contributed by atoms with Crippen LogP contribution in [0.1, 0.15) is 55.4 Å². The topological polar surface area (TPSA) is 39.8 Å². The molecule has 0 aliphatic carbocycles. The number of hydrazine groups is 2. The van der Waals surface area contributed by atoms with E-state index in [1.54, 1.807) is 0 Å². The van der Waals surface area contributed by atoms with Gasteiger partial charge in [0.05, 0.1) is 6.61 Å². The standard InChI is InChI=1S/C17H43N4OPSi/c1-14(2)20(15(3)4)18-23(22-12-13-24(9,10)11)19-21(16(5)6)17(7)8/h14-19H,12-13H2,1-11H3. The number of nitrogens with zero attached hydrogens (tertiary/aromatic N) is 2. The van der Waals surface area contributed by atoms with Crippen LogP contribution in [0.2, 0.25) is 25.7 Å². The lowest BCUT2D eigenvalue weighted by Crippen LogP contribution is -2.51. The Morgan fingerprint density at radius 3 is 1.33 bits per heavy atom. The minimum absolute atomic E-state index is 0.420. The molecule has 0 heterocycles. The highest BCUT2D eigenvalue weighted by Crippen LogP contribution is 2.31. The molecule has 0 radical (unpaired) electrons. The molecule has 0 aromatic rings. The number of rotatable bonds is 12. The summed E-state index contributed by atoms with van der Waals surface area (Å²) in [6.07, 6.45) is 0. The third kappa shape index (κ3) is 10.4. The molecule has 0 fully saturated rings. The molecule has 24 heavy (non-hydrogen) atoms. The molecule has 7 heteroatoms. The van der Waals surface area contributed by atoms with Gasteiger partial charge in [0.25, 0.3) is 0 Å². The molecule has 0 atom stereocenters. The van der Waals surface area contributed by atoms with E-state index < -0.39 is 16.5 Å². The average Bonchev–Trinajstić information content (AvgIpc) is 2.37. The summed E-state index contributed by atoms with van der Waals surface area (Å²) in [5, 5.41) is 11.8. The molecule has 0 spiro atoms. The molecule has 146 valence electrons. The molecule has 5 nitrogen and oxygen atoms in total. The van der Waals surface area contributed by atoms with Crippen LogP contribution in [-0.2, 0) is 4.52 Å². The highest BCUT2D eigenvalue weighted by Gasteiger charge is 2.24. The Morgan fingerprint density at radius 2 is 1.08 bits per heavy atom. The molecule has 0 aliphatic rings. The summed E-state index contributed by atoms with van der Waals surface area (Å²) in [4.78, 5) is 0. The van der Waals surface area contributed by atoms with Crippen molar-refractivity contribution >= 4 is 16.5 Å². The van der Waals surface area contributed by atoms with Crippen LogP contribution in [0.4, 0.5) is 0 Å². The zero-order chi connectivity index (χ0) is 19.1. The van der Waals surface area contributed by atoms with E-state index in [-0.39, 0.29) is 0 Å². The summed E-state index contributed by atoms with van der Waals surface area (Å²) >= 11 is 0. The predicted octanol–water partition coefficient (Wildman–Crippen LogP) is 4.81. The van der Waals surface area contributed by atoms with Crippen molar-refractivity contribution in [3.8, 4) is 0 Å². The second kappa shape index (κ2) is 11.2. The van der Waals surface area contributed by atoms with Gasteiger partial charge in [-0.3, -0.25) is 0 Å². The first-order chi connectivity index (χ1) is 10.8. The molecule has 0 unspecified atom stereocenters. The van der Waals surface area contributed by atoms with Crippen LogP contribution >= 0.6 is 8.45 Å². The second-order valence-corrected chi connectivity index (χ2v) is 15.7. The van der Waals surface area contributed by atoms with Crippen molar-refractivity contribution in [2.75, 3.05) is 6.61 Å². The van der Waals surface area contributed by atoms with Gasteiger partial charge < -0.3 is 4.52 Å². The van der Waals surface area contributed by atoms with Gasteiger partial charge in [-0.25, -0.2) is 10.0 Å². The van der Waals surface area contributed by atoms with Crippen molar-refractivity contribution in [2.24, 2.45) is 0 Å². The zero-order valence-corrected chi connectivity index (χ0v) is 19.9. The van der Waals surface area contributed by atoms with Gasteiger partial charge in [0.2, 0.25) is 8.45 Å². The van der Waals surface area contributed by atoms with E-state index in [2.05, 4.69) is 95.4 Å². The van der Waals surface area contributed by atoms with Crippen LogP contribution in [0.5, 0.6) is 0 Å². The normalized spacial score (nSPS) is 13.8. The minimum atomic E-state index is -1.09. The molecule has 0 aromatic heterocycles. The van der Waals surface area contributed by atoms with E-state index in [9.17, 15) is 0 Å². The molecule has 0 rings (SSSR count). The van der Waals surface area contributed by atoms with Crippen molar-refractivity contribution in [2.45, 2.75) is 105 Å². The Kier molecular flexibility index (Phi) is 11.4. The summed E-state index contributed by atoms with van der Waals surface area (Å²) in [6.45, 7) is 25.7. The summed E-state index contributed by atoms with van der Waals surface area (Å²) in [5.74, 6) is 0. The van der Waals surface area contributed by atoms with E-state index in [1.165, 1.54) is 6.04 Å². The fourth-order valence-electron chi connectivity index (χ4n) is 2.39. The summed E-state index contributed by atoms with van der Waals surface area (Å²) < 4.78 is 6.27. The predicted molar refractivity (Wildman–Crippen MR) is 112 cm³/mol. The quantitative estimate of drug-likeness (QED) is 0.289. The van der Waals surface area contributed by atoms with Gasteiger partial charge in [0, 0.05) is 32.2 Å². The van der Waals surface area contributed by atoms with Crippen molar-refractivity contribution < 1.29 is 4.52 Å². The summed E-state index contributed by atoms with van der Waals surface area (Å²) in [5.41, 5.74) is 0. The van der Waals surface area contributed by atoms with E-state index in [4.69, 9.17) is 4.52 Å². The van der Waals surface area contributed by atoms with Crippen molar-refractivity contribution in [3.63, 3.8) is 0 Å². The maximum atomic E-state index is 6.27. The summed E-state index contributed by atoms with van der Waals surface area (Å²) in [7, 11) is -2.04. The lowest BCUT2D eigenvalue weighted by atomic mass is 10.3. The Balaban J connectivity index is 4.98. The van der Waals surface area contributed by atoms with E-state index >= 15 is 0 Å². The lowest BCUT2D eigenvalue weighted by molar-refractivity contribution is 0.113. The fraction of sp³-hybridized carbons (Fsp3) is 1.00. The summed E-state index contributed by atoms with van der Waals surface area (Å²) in [6, 6.07) is 2.86. The van der Waals surface area contributed by atoms with Crippen molar-refractivity contribution in [3.05, 3.63) is 0 Å². The van der Waals surface area contributed by atoms with Crippen LogP contribution in [0.25, 0.3) is 0 Å². The van der Waals surface area contributed by atoms with E-state index in [0.717, 1.165) is 6.61 Å². The zero-order valence-electron chi connectivity index (χ0n) is 18.0. The van der Waals surface area contributed by atoms with Crippen LogP contribution in [-0.4, -0.2) is 48.9 Å². The third-order valence-corrected chi connectivity index (χ3v) is 6.68. The molecule has 0 bridgehead atoms. The highest BCUT2D eigenvalue weighted by molar-refractivity contribution is 7.47. The monoisotopic (exact) mass is 378 g/mol. The fourth-order valence-corrected chi connectivity index (χ4v) is 5.05. The van der Waals surface area contributed by atoms with Gasteiger partial charge >= 0.3 is 0 Å². The molecule has 0 aromatic carbocycles. The van der Waals surface area contributed by atoms with E-state index in [1.807, 2.05) is 0 Å². The third-order valence-electron chi connectivity index (χ3n) is 3.71. The molecule has 0 saturated heterocycles. The van der Waals surface area contributed by atoms with Gasteiger partial charge in [0.15, 0.2) is 0 Å². The number of hydrogen-bond donors (Lipinski definition) is 2. The van der Waals surface area contributed by atoms with Crippen LogP contribution in [0.15, 0.2) is 0 Å². The maximum Gasteiger partial charge on any atom is 0.211 e. The second-order valence-electron chi connectivity index (χ2n) is 8.83. The lowest BCUT2D eigenvalue weighted by Gasteiger charge is -2.39. The first kappa shape index (κ1) is 24.4. The SMILES string of the molecule is CC(C)N(NP(NN(C(C)C)C(C)C)OCC[Si](C)(C)C)C(C)C. The molecule has 0 aliphatic heterocycles. The van der Waals surface area contributed by atoms with Gasteiger partial charge in [-0.2, -0.15) is 10.4 Å². The molecule has 0 amide bonds. The largest absolute Gasteiger partial charge is 0.330 e. The number of hydrogen-bond acceptors (Lipinski definition) is 5. The Bertz CT molecular complexity index is 297. The van der Waals surface area contributed by atoms with Gasteiger partial charge in [-0.05, 0) is 61.4 Å². The van der Waals surface area contributed by atoms with Gasteiger partial charge in [-0.1, -0.05) is 19.6 Å². The number of nitrogens with one attached hydrogen (secondary N) is 2.